The minimum atomic E-state index is -0.0814. The third-order valence-corrected chi connectivity index (χ3v) is 5.73. The summed E-state index contributed by atoms with van der Waals surface area (Å²) in [4.78, 5) is 18.4. The SMILES string of the molecule is CCOC(=O)C1CCN(Cn2nc(-c3ccncc3)n(-c3ccccc3)c2=S)CC1. The summed E-state index contributed by atoms with van der Waals surface area (Å²) in [6, 6.07) is 13.9. The molecule has 0 spiro atoms. The molecule has 7 nitrogen and oxygen atoms in total. The molecule has 1 aliphatic rings. The van der Waals surface area contributed by atoms with Crippen LogP contribution in [0.5, 0.6) is 0 Å². The number of nitrogens with zero attached hydrogens (tertiary/aromatic N) is 5. The van der Waals surface area contributed by atoms with Gasteiger partial charge in [0.2, 0.25) is 4.77 Å². The lowest BCUT2D eigenvalue weighted by Gasteiger charge is -2.30. The average molecular weight is 424 g/mol. The number of piperidine rings is 1. The van der Waals surface area contributed by atoms with Gasteiger partial charge in [0, 0.05) is 36.7 Å². The topological polar surface area (TPSA) is 65.2 Å². The third-order valence-electron chi connectivity index (χ3n) is 5.33. The standard InChI is InChI=1S/C22H25N5O2S/c1-2-29-21(28)18-10-14-25(15-11-18)16-26-22(30)27(19-6-4-3-5-7-19)20(24-26)17-8-12-23-13-9-17/h3-9,12-13,18H,2,10-11,14-16H2,1H3. The van der Waals surface area contributed by atoms with E-state index < -0.39 is 0 Å². The number of aromatic nitrogens is 4. The molecule has 4 rings (SSSR count). The first-order valence-corrected chi connectivity index (χ1v) is 10.6. The normalized spacial score (nSPS) is 15.2. The number of para-hydroxylation sites is 1. The smallest absolute Gasteiger partial charge is 0.309 e. The number of benzene rings is 1. The molecule has 156 valence electrons. The number of hydrogen-bond donors (Lipinski definition) is 0. The Morgan fingerprint density at radius 1 is 1.13 bits per heavy atom. The van der Waals surface area contributed by atoms with Crippen LogP contribution in [-0.4, -0.2) is 49.9 Å². The van der Waals surface area contributed by atoms with Crippen LogP contribution in [0.2, 0.25) is 0 Å². The Bertz CT molecular complexity index is 1040. The van der Waals surface area contributed by atoms with Gasteiger partial charge in [-0.3, -0.25) is 19.2 Å². The molecule has 3 aromatic rings. The van der Waals surface area contributed by atoms with E-state index in [-0.39, 0.29) is 11.9 Å². The van der Waals surface area contributed by atoms with E-state index in [0.717, 1.165) is 43.0 Å². The minimum Gasteiger partial charge on any atom is -0.466 e. The van der Waals surface area contributed by atoms with Crippen LogP contribution in [0.4, 0.5) is 0 Å². The first-order chi connectivity index (χ1) is 14.7. The maximum atomic E-state index is 12.0. The lowest BCUT2D eigenvalue weighted by Crippen LogP contribution is -2.38. The van der Waals surface area contributed by atoms with Crippen molar-refractivity contribution in [1.29, 1.82) is 0 Å². The second-order valence-corrected chi connectivity index (χ2v) is 7.66. The molecule has 1 aliphatic heterocycles. The fourth-order valence-corrected chi connectivity index (χ4v) is 4.05. The van der Waals surface area contributed by atoms with Gasteiger partial charge in [0.05, 0.1) is 19.2 Å². The highest BCUT2D eigenvalue weighted by Crippen LogP contribution is 2.23. The molecule has 3 heterocycles. The Balaban J connectivity index is 1.59. The molecular weight excluding hydrogens is 398 g/mol. The van der Waals surface area contributed by atoms with Gasteiger partial charge in [-0.1, -0.05) is 18.2 Å². The van der Waals surface area contributed by atoms with Gasteiger partial charge in [-0.2, -0.15) is 0 Å². The van der Waals surface area contributed by atoms with Gasteiger partial charge in [-0.25, -0.2) is 4.68 Å². The van der Waals surface area contributed by atoms with E-state index in [1.54, 1.807) is 12.4 Å². The summed E-state index contributed by atoms with van der Waals surface area (Å²) in [7, 11) is 0. The Morgan fingerprint density at radius 3 is 2.50 bits per heavy atom. The fraction of sp³-hybridized carbons (Fsp3) is 0.364. The van der Waals surface area contributed by atoms with Gasteiger partial charge in [-0.05, 0) is 56.2 Å². The molecule has 1 aromatic carbocycles. The van der Waals surface area contributed by atoms with Crippen molar-refractivity contribution in [2.24, 2.45) is 5.92 Å². The van der Waals surface area contributed by atoms with Crippen molar-refractivity contribution in [3.63, 3.8) is 0 Å². The van der Waals surface area contributed by atoms with Crippen molar-refractivity contribution >= 4 is 18.2 Å². The number of ether oxygens (including phenoxy) is 1. The molecular formula is C22H25N5O2S. The third kappa shape index (κ3) is 4.34. The van der Waals surface area contributed by atoms with Crippen molar-refractivity contribution in [2.45, 2.75) is 26.4 Å². The zero-order valence-corrected chi connectivity index (χ0v) is 17.8. The molecule has 2 aromatic heterocycles. The fourth-order valence-electron chi connectivity index (χ4n) is 3.76. The van der Waals surface area contributed by atoms with Crippen LogP contribution in [0, 0.1) is 10.7 Å². The Hall–Kier alpha value is -2.84. The molecule has 1 fully saturated rings. The first-order valence-electron chi connectivity index (χ1n) is 10.2. The van der Waals surface area contributed by atoms with E-state index in [4.69, 9.17) is 22.1 Å². The van der Waals surface area contributed by atoms with Crippen molar-refractivity contribution in [1.82, 2.24) is 24.2 Å². The maximum Gasteiger partial charge on any atom is 0.309 e. The van der Waals surface area contributed by atoms with E-state index >= 15 is 0 Å². The summed E-state index contributed by atoms with van der Waals surface area (Å²) < 4.78 is 9.67. The Labute approximate surface area is 180 Å². The van der Waals surface area contributed by atoms with E-state index in [1.165, 1.54) is 0 Å². The molecule has 1 saturated heterocycles. The van der Waals surface area contributed by atoms with Gasteiger partial charge in [-0.15, -0.1) is 5.10 Å². The van der Waals surface area contributed by atoms with Crippen LogP contribution >= 0.6 is 12.2 Å². The minimum absolute atomic E-state index is 0.0107. The molecule has 0 atom stereocenters. The van der Waals surface area contributed by atoms with Crippen molar-refractivity contribution in [3.05, 3.63) is 59.6 Å². The lowest BCUT2D eigenvalue weighted by molar-refractivity contribution is -0.149. The summed E-state index contributed by atoms with van der Waals surface area (Å²) in [5.41, 5.74) is 1.93. The highest BCUT2D eigenvalue weighted by atomic mass is 32.1. The molecule has 0 bridgehead atoms. The number of pyridine rings is 1. The average Bonchev–Trinajstić information content (AvgIpc) is 3.11. The van der Waals surface area contributed by atoms with Crippen molar-refractivity contribution < 1.29 is 9.53 Å². The summed E-state index contributed by atoms with van der Waals surface area (Å²) in [5, 5.41) is 4.85. The number of carbonyl (C=O) groups excluding carboxylic acids is 1. The summed E-state index contributed by atoms with van der Waals surface area (Å²) in [6.45, 7) is 4.50. The van der Waals surface area contributed by atoms with Gasteiger partial charge < -0.3 is 4.74 Å². The molecule has 30 heavy (non-hydrogen) atoms. The molecule has 0 aliphatic carbocycles. The van der Waals surface area contributed by atoms with E-state index in [2.05, 4.69) is 9.88 Å². The molecule has 0 radical (unpaired) electrons. The number of hydrogen-bond acceptors (Lipinski definition) is 6. The van der Waals surface area contributed by atoms with Crippen LogP contribution < -0.4 is 0 Å². The summed E-state index contributed by atoms with van der Waals surface area (Å²) in [6.07, 6.45) is 5.10. The van der Waals surface area contributed by atoms with Crippen LogP contribution in [0.25, 0.3) is 17.1 Å². The summed E-state index contributed by atoms with van der Waals surface area (Å²) in [5.74, 6) is 0.695. The van der Waals surface area contributed by atoms with Crippen LogP contribution in [0.15, 0.2) is 54.9 Å². The van der Waals surface area contributed by atoms with Gasteiger partial charge in [0.1, 0.15) is 0 Å². The van der Waals surface area contributed by atoms with Crippen LogP contribution in [0.1, 0.15) is 19.8 Å². The molecule has 8 heteroatoms. The first kappa shape index (κ1) is 20.4. The Morgan fingerprint density at radius 2 is 1.83 bits per heavy atom. The largest absolute Gasteiger partial charge is 0.466 e. The van der Waals surface area contributed by atoms with Gasteiger partial charge in [0.15, 0.2) is 5.82 Å². The van der Waals surface area contributed by atoms with Crippen molar-refractivity contribution in [2.75, 3.05) is 19.7 Å². The van der Waals surface area contributed by atoms with Gasteiger partial charge >= 0.3 is 5.97 Å². The van der Waals surface area contributed by atoms with Gasteiger partial charge in [0.25, 0.3) is 0 Å². The number of rotatable bonds is 6. The Kier molecular flexibility index (Phi) is 6.35. The maximum absolute atomic E-state index is 12.0. The molecule has 0 amide bonds. The predicted molar refractivity (Wildman–Crippen MR) is 117 cm³/mol. The van der Waals surface area contributed by atoms with Crippen LogP contribution in [0.3, 0.4) is 0 Å². The van der Waals surface area contributed by atoms with Crippen molar-refractivity contribution in [3.8, 4) is 17.1 Å². The number of carbonyl (C=O) groups is 1. The second kappa shape index (κ2) is 9.32. The lowest BCUT2D eigenvalue weighted by atomic mass is 9.97. The monoisotopic (exact) mass is 423 g/mol. The molecule has 0 unspecified atom stereocenters. The predicted octanol–water partition coefficient (Wildman–Crippen LogP) is 3.70. The van der Waals surface area contributed by atoms with E-state index in [9.17, 15) is 4.79 Å². The molecule has 0 saturated carbocycles. The second-order valence-electron chi connectivity index (χ2n) is 7.30. The zero-order valence-electron chi connectivity index (χ0n) is 17.0. The summed E-state index contributed by atoms with van der Waals surface area (Å²) >= 11 is 5.81. The quantitative estimate of drug-likeness (QED) is 0.445. The highest BCUT2D eigenvalue weighted by molar-refractivity contribution is 7.71. The zero-order chi connectivity index (χ0) is 20.9. The van der Waals surface area contributed by atoms with E-state index in [1.807, 2.05) is 58.6 Å². The van der Waals surface area contributed by atoms with Crippen LogP contribution in [-0.2, 0) is 16.2 Å². The highest BCUT2D eigenvalue weighted by Gasteiger charge is 2.26. The number of likely N-dealkylation sites (tertiary alicyclic amines) is 1. The number of esters is 1. The molecule has 0 N–H and O–H groups in total. The van der Waals surface area contributed by atoms with E-state index in [0.29, 0.717) is 18.0 Å².